The van der Waals surface area contributed by atoms with E-state index in [-0.39, 0.29) is 0 Å². The minimum absolute atomic E-state index is 0.441. The third-order valence-electron chi connectivity index (χ3n) is 4.37. The van der Waals surface area contributed by atoms with Crippen LogP contribution in [0.3, 0.4) is 0 Å². The molecule has 0 aromatic carbocycles. The van der Waals surface area contributed by atoms with E-state index in [1.807, 2.05) is 27.7 Å². The Morgan fingerprint density at radius 2 is 0.944 bits per heavy atom. The summed E-state index contributed by atoms with van der Waals surface area (Å²) in [5.41, 5.74) is -1.69. The van der Waals surface area contributed by atoms with E-state index in [0.29, 0.717) is 0 Å². The molecule has 0 spiro atoms. The van der Waals surface area contributed by atoms with Crippen molar-refractivity contribution in [2.75, 3.05) is 0 Å². The van der Waals surface area contributed by atoms with E-state index in [0.717, 1.165) is 0 Å². The van der Waals surface area contributed by atoms with Crippen LogP contribution in [0.2, 0.25) is 0 Å². The number of aliphatic hydroxyl groups is 1. The maximum Gasteiger partial charge on any atom is 0.490 e. The normalized spacial score (nSPS) is 37.3. The van der Waals surface area contributed by atoms with E-state index in [2.05, 4.69) is 0 Å². The highest BCUT2D eigenvalue weighted by molar-refractivity contribution is 7.11. The molecule has 0 radical (unpaired) electrons. The summed E-state index contributed by atoms with van der Waals surface area (Å²) in [7, 11) is -1.36. The lowest BCUT2D eigenvalue weighted by atomic mass is 9.49. The molecule has 2 aliphatic rings. The molecule has 0 saturated carbocycles. The van der Waals surface area contributed by atoms with E-state index in [4.69, 9.17) is 18.6 Å². The standard InChI is InChI=1S/C11H22B2O5/c1-8(2)9(3,4)16-12(15-8)13-17-10(5,6)11(7,14)18-13/h14H,1-7H3. The van der Waals surface area contributed by atoms with E-state index in [1.54, 1.807) is 20.8 Å². The first-order valence-corrected chi connectivity index (χ1v) is 6.32. The molecule has 0 bridgehead atoms. The second-order valence-corrected chi connectivity index (χ2v) is 6.72. The summed E-state index contributed by atoms with van der Waals surface area (Å²) in [5, 5.41) is 10.2. The van der Waals surface area contributed by atoms with Crippen LogP contribution in [0.5, 0.6) is 0 Å². The lowest BCUT2D eigenvalue weighted by molar-refractivity contribution is -0.176. The van der Waals surface area contributed by atoms with Gasteiger partial charge < -0.3 is 23.7 Å². The van der Waals surface area contributed by atoms with Gasteiger partial charge in [-0.3, -0.25) is 0 Å². The molecular weight excluding hydrogens is 234 g/mol. The molecule has 18 heavy (non-hydrogen) atoms. The molecule has 2 heterocycles. The molecule has 5 nitrogen and oxygen atoms in total. The summed E-state index contributed by atoms with van der Waals surface area (Å²) >= 11 is 0. The van der Waals surface area contributed by atoms with E-state index in [1.165, 1.54) is 0 Å². The van der Waals surface area contributed by atoms with Crippen molar-refractivity contribution in [3.8, 4) is 0 Å². The molecule has 2 saturated heterocycles. The second kappa shape index (κ2) is 3.73. The van der Waals surface area contributed by atoms with Gasteiger partial charge in [-0.25, -0.2) is 0 Å². The molecule has 0 aromatic heterocycles. The van der Waals surface area contributed by atoms with Crippen LogP contribution in [0.4, 0.5) is 0 Å². The van der Waals surface area contributed by atoms with Gasteiger partial charge in [-0.2, -0.15) is 0 Å². The lowest BCUT2D eigenvalue weighted by Gasteiger charge is -2.32. The third-order valence-corrected chi connectivity index (χ3v) is 4.37. The highest BCUT2D eigenvalue weighted by Crippen LogP contribution is 2.42. The third kappa shape index (κ3) is 2.02. The largest absolute Gasteiger partial charge is 0.490 e. The van der Waals surface area contributed by atoms with Gasteiger partial charge in [0.25, 0.3) is 0 Å². The first kappa shape index (κ1) is 14.3. The van der Waals surface area contributed by atoms with E-state index < -0.39 is 36.6 Å². The minimum atomic E-state index is -1.36. The van der Waals surface area contributed by atoms with Crippen molar-refractivity contribution in [1.29, 1.82) is 0 Å². The van der Waals surface area contributed by atoms with E-state index >= 15 is 0 Å². The first-order chi connectivity index (χ1) is 7.88. The molecule has 1 N–H and O–H groups in total. The van der Waals surface area contributed by atoms with Crippen LogP contribution in [-0.4, -0.2) is 41.7 Å². The Labute approximate surface area is 109 Å². The number of hydrogen-bond donors (Lipinski definition) is 1. The van der Waals surface area contributed by atoms with Crippen LogP contribution in [0.15, 0.2) is 0 Å². The Morgan fingerprint density at radius 3 is 1.28 bits per heavy atom. The first-order valence-electron chi connectivity index (χ1n) is 6.32. The summed E-state index contributed by atoms with van der Waals surface area (Å²) in [6.45, 7) is 13.0. The van der Waals surface area contributed by atoms with Crippen LogP contribution in [-0.2, 0) is 18.6 Å². The quantitative estimate of drug-likeness (QED) is 0.714. The van der Waals surface area contributed by atoms with Crippen molar-refractivity contribution in [3.63, 3.8) is 0 Å². The van der Waals surface area contributed by atoms with Gasteiger partial charge in [-0.1, -0.05) is 0 Å². The van der Waals surface area contributed by atoms with Gasteiger partial charge in [0.2, 0.25) is 0 Å². The molecule has 2 rings (SSSR count). The smallest absolute Gasteiger partial charge is 0.405 e. The fourth-order valence-corrected chi connectivity index (χ4v) is 1.90. The minimum Gasteiger partial charge on any atom is -0.405 e. The highest BCUT2D eigenvalue weighted by atomic mass is 16.8. The summed E-state index contributed by atoms with van der Waals surface area (Å²) < 4.78 is 22.9. The number of rotatable bonds is 1. The Bertz CT molecular complexity index is 287. The van der Waals surface area contributed by atoms with Crippen molar-refractivity contribution in [3.05, 3.63) is 0 Å². The maximum absolute atomic E-state index is 10.2. The molecule has 0 amide bonds. The monoisotopic (exact) mass is 256 g/mol. The van der Waals surface area contributed by atoms with Crippen LogP contribution in [0.25, 0.3) is 0 Å². The summed E-state index contributed by atoms with van der Waals surface area (Å²) in [6.07, 6.45) is 0. The van der Waals surface area contributed by atoms with E-state index in [9.17, 15) is 5.11 Å². The van der Waals surface area contributed by atoms with Gasteiger partial charge in [-0.15, -0.1) is 0 Å². The molecule has 0 aliphatic carbocycles. The molecular formula is C11H22B2O5. The zero-order valence-electron chi connectivity index (χ0n) is 12.2. The van der Waals surface area contributed by atoms with Crippen molar-refractivity contribution < 1.29 is 23.7 Å². The topological polar surface area (TPSA) is 57.2 Å². The predicted octanol–water partition coefficient (Wildman–Crippen LogP) is 1.18. The van der Waals surface area contributed by atoms with Crippen LogP contribution < -0.4 is 0 Å². The Hall–Kier alpha value is -0.0701. The summed E-state index contributed by atoms with van der Waals surface area (Å²) in [5.74, 6) is -1.36. The van der Waals surface area contributed by atoms with Gasteiger partial charge in [0, 0.05) is 0 Å². The molecule has 1 atom stereocenters. The summed E-state index contributed by atoms with van der Waals surface area (Å²) in [4.78, 5) is 0. The fourth-order valence-electron chi connectivity index (χ4n) is 1.90. The van der Waals surface area contributed by atoms with Gasteiger partial charge in [0.15, 0.2) is 5.79 Å². The SMILES string of the molecule is CC1(C)OB(B2OC(C)(C)C(C)(O)O2)OC1(C)C. The molecule has 2 fully saturated rings. The molecule has 2 aliphatic heterocycles. The van der Waals surface area contributed by atoms with Crippen LogP contribution in [0, 0.1) is 0 Å². The van der Waals surface area contributed by atoms with Crippen LogP contribution in [0.1, 0.15) is 48.5 Å². The lowest BCUT2D eigenvalue weighted by Crippen LogP contribution is -2.44. The Balaban J connectivity index is 2.14. The van der Waals surface area contributed by atoms with Crippen molar-refractivity contribution >= 4 is 14.0 Å². The molecule has 1 unspecified atom stereocenters. The zero-order valence-corrected chi connectivity index (χ0v) is 12.2. The molecule has 0 aromatic rings. The second-order valence-electron chi connectivity index (χ2n) is 6.72. The van der Waals surface area contributed by atoms with Crippen molar-refractivity contribution in [2.24, 2.45) is 0 Å². The van der Waals surface area contributed by atoms with Crippen molar-refractivity contribution in [1.82, 2.24) is 0 Å². The Morgan fingerprint density at radius 1 is 0.611 bits per heavy atom. The Kier molecular flexibility index (Phi) is 2.97. The zero-order chi connectivity index (χ0) is 14.0. The average Bonchev–Trinajstić information content (AvgIpc) is 2.45. The maximum atomic E-state index is 10.2. The van der Waals surface area contributed by atoms with Gasteiger partial charge >= 0.3 is 14.0 Å². The van der Waals surface area contributed by atoms with Gasteiger partial charge in [-0.05, 0) is 48.5 Å². The van der Waals surface area contributed by atoms with Crippen molar-refractivity contribution in [2.45, 2.75) is 71.1 Å². The molecule has 7 heteroatoms. The van der Waals surface area contributed by atoms with Crippen LogP contribution >= 0.6 is 0 Å². The average molecular weight is 256 g/mol. The van der Waals surface area contributed by atoms with Gasteiger partial charge in [0.1, 0.15) is 0 Å². The highest BCUT2D eigenvalue weighted by Gasteiger charge is 2.64. The van der Waals surface area contributed by atoms with Gasteiger partial charge in [0.05, 0.1) is 16.8 Å². The molecule has 102 valence electrons. The number of hydrogen-bond acceptors (Lipinski definition) is 5. The predicted molar refractivity (Wildman–Crippen MR) is 68.7 cm³/mol. The summed E-state index contributed by atoms with van der Waals surface area (Å²) in [6, 6.07) is 0. The fraction of sp³-hybridized carbons (Fsp3) is 1.00.